The number of carbonyl (C=O) groups excluding carboxylic acids is 3. The number of methoxy groups -OCH3 is 1. The highest BCUT2D eigenvalue weighted by Gasteiger charge is 2.58. The van der Waals surface area contributed by atoms with Gasteiger partial charge in [0.2, 0.25) is 11.8 Å². The van der Waals surface area contributed by atoms with Gasteiger partial charge in [-0.3, -0.25) is 19.2 Å². The number of ether oxygens (including phenoxy) is 2. The van der Waals surface area contributed by atoms with E-state index in [-0.39, 0.29) is 35.6 Å². The molecule has 0 spiro atoms. The van der Waals surface area contributed by atoms with Gasteiger partial charge in [0.1, 0.15) is 5.82 Å². The fraction of sp³-hybridized carbons (Fsp3) is 0.231. The molecular weight excluding hydrogens is 519 g/mol. The van der Waals surface area contributed by atoms with Gasteiger partial charge >= 0.3 is 0 Å². The lowest BCUT2D eigenvalue weighted by Crippen LogP contribution is -2.22. The van der Waals surface area contributed by atoms with Crippen LogP contribution in [-0.4, -0.2) is 42.6 Å². The van der Waals surface area contributed by atoms with Crippen LogP contribution in [0, 0.1) is 35.8 Å². The zero-order valence-electron chi connectivity index (χ0n) is 20.0. The largest absolute Gasteiger partial charge is 0.475 e. The van der Waals surface area contributed by atoms with Gasteiger partial charge < -0.3 is 25.8 Å². The number of halogens is 2. The minimum atomic E-state index is -0.809. The lowest BCUT2D eigenvalue weighted by molar-refractivity contribution is -0.122. The average molecular weight is 541 g/mol. The van der Waals surface area contributed by atoms with Crippen molar-refractivity contribution in [2.45, 2.75) is 0 Å². The van der Waals surface area contributed by atoms with E-state index in [2.05, 4.69) is 22.9 Å². The first-order chi connectivity index (χ1) is 18.2. The first-order valence-corrected chi connectivity index (χ1v) is 11.7. The van der Waals surface area contributed by atoms with Crippen molar-refractivity contribution in [3.8, 4) is 11.4 Å². The van der Waals surface area contributed by atoms with Gasteiger partial charge in [-0.05, 0) is 42.5 Å². The summed E-state index contributed by atoms with van der Waals surface area (Å²) in [5.41, 5.74) is 4.90. The Morgan fingerprint density at radius 2 is 1.76 bits per heavy atom. The molecule has 0 aliphatic heterocycles. The van der Waals surface area contributed by atoms with E-state index >= 15 is 0 Å². The average Bonchev–Trinajstić information content (AvgIpc) is 3.60. The van der Waals surface area contributed by atoms with Crippen molar-refractivity contribution in [1.82, 2.24) is 4.57 Å². The maximum atomic E-state index is 14.9. The molecule has 0 unspecified atom stereocenters. The summed E-state index contributed by atoms with van der Waals surface area (Å²) in [4.78, 5) is 48.9. The summed E-state index contributed by atoms with van der Waals surface area (Å²) in [5.74, 6) is -4.24. The lowest BCUT2D eigenvalue weighted by Gasteiger charge is -2.09. The second kappa shape index (κ2) is 11.3. The fourth-order valence-electron chi connectivity index (χ4n) is 4.01. The fourth-order valence-corrected chi connectivity index (χ4v) is 4.13. The maximum Gasteiger partial charge on any atom is 0.267 e. The van der Waals surface area contributed by atoms with E-state index in [1.54, 1.807) is 24.3 Å². The van der Waals surface area contributed by atoms with Crippen LogP contribution in [0.15, 0.2) is 53.3 Å². The molecule has 10 nitrogen and oxygen atoms in total. The highest BCUT2D eigenvalue weighted by molar-refractivity contribution is 6.30. The number of anilines is 2. The summed E-state index contributed by atoms with van der Waals surface area (Å²) in [5, 5.41) is 5.78. The molecule has 1 aliphatic rings. The zero-order chi connectivity index (χ0) is 27.4. The highest BCUT2D eigenvalue weighted by Crippen LogP contribution is 2.48. The van der Waals surface area contributed by atoms with Gasteiger partial charge in [0.05, 0.1) is 35.9 Å². The van der Waals surface area contributed by atoms with E-state index in [4.69, 9.17) is 26.8 Å². The summed E-state index contributed by atoms with van der Waals surface area (Å²) in [6, 6.07) is 13.8. The molecule has 0 radical (unpaired) electrons. The first-order valence-electron chi connectivity index (χ1n) is 11.3. The third-order valence-corrected chi connectivity index (χ3v) is 6.10. The molecule has 0 saturated heterocycles. The normalized spacial score (nSPS) is 17.7. The van der Waals surface area contributed by atoms with E-state index in [0.29, 0.717) is 10.7 Å². The Morgan fingerprint density at radius 1 is 1.08 bits per heavy atom. The maximum absolute atomic E-state index is 14.9. The van der Waals surface area contributed by atoms with Crippen LogP contribution < -0.4 is 26.7 Å². The minimum absolute atomic E-state index is 0.0425. The number of primary amides is 1. The second-order valence-electron chi connectivity index (χ2n) is 8.49. The van der Waals surface area contributed by atoms with Gasteiger partial charge in [-0.15, -0.1) is 0 Å². The second-order valence-corrected chi connectivity index (χ2v) is 8.93. The summed E-state index contributed by atoms with van der Waals surface area (Å²) >= 11 is 5.87. The molecule has 3 atom stereocenters. The van der Waals surface area contributed by atoms with Gasteiger partial charge in [0.25, 0.3) is 11.5 Å². The van der Waals surface area contributed by atoms with Crippen LogP contribution in [0.2, 0.25) is 5.02 Å². The third kappa shape index (κ3) is 6.11. The summed E-state index contributed by atoms with van der Waals surface area (Å²) in [7, 11) is 1.46. The van der Waals surface area contributed by atoms with Crippen LogP contribution in [0.3, 0.4) is 0 Å². The van der Waals surface area contributed by atoms with Crippen LogP contribution >= 0.6 is 11.6 Å². The summed E-state index contributed by atoms with van der Waals surface area (Å²) < 4.78 is 26.0. The molecule has 4 N–H and O–H groups in total. The van der Waals surface area contributed by atoms with Crippen molar-refractivity contribution in [2.24, 2.45) is 23.5 Å². The molecular formula is C26H22ClFN4O6. The van der Waals surface area contributed by atoms with E-state index in [1.807, 2.05) is 0 Å². The number of carbonyl (C=O) groups is 3. The molecule has 1 saturated carbocycles. The van der Waals surface area contributed by atoms with Gasteiger partial charge in [0.15, 0.2) is 12.4 Å². The number of nitrogens with two attached hydrogens (primary N) is 1. The van der Waals surface area contributed by atoms with Crippen molar-refractivity contribution in [3.63, 3.8) is 0 Å². The highest BCUT2D eigenvalue weighted by atomic mass is 35.5. The van der Waals surface area contributed by atoms with E-state index < -0.39 is 41.6 Å². The predicted molar refractivity (Wildman–Crippen MR) is 135 cm³/mol. The number of amides is 3. The Morgan fingerprint density at radius 3 is 2.37 bits per heavy atom. The minimum Gasteiger partial charge on any atom is -0.475 e. The number of aromatic nitrogens is 1. The molecule has 1 aliphatic carbocycles. The van der Waals surface area contributed by atoms with Crippen molar-refractivity contribution < 1.29 is 28.2 Å². The first kappa shape index (κ1) is 26.7. The Labute approximate surface area is 221 Å². The molecule has 3 amide bonds. The molecule has 38 heavy (non-hydrogen) atoms. The van der Waals surface area contributed by atoms with Crippen molar-refractivity contribution in [1.29, 1.82) is 0 Å². The third-order valence-electron chi connectivity index (χ3n) is 5.85. The molecule has 3 aromatic rings. The van der Waals surface area contributed by atoms with Crippen LogP contribution in [0.5, 0.6) is 5.75 Å². The zero-order valence-corrected chi connectivity index (χ0v) is 20.8. The number of benzene rings is 2. The van der Waals surface area contributed by atoms with Gasteiger partial charge in [-0.1, -0.05) is 11.6 Å². The predicted octanol–water partition coefficient (Wildman–Crippen LogP) is 2.18. The van der Waals surface area contributed by atoms with Crippen molar-refractivity contribution in [2.75, 3.05) is 31.0 Å². The lowest BCUT2D eigenvalue weighted by atomic mass is 10.2. The number of rotatable bonds is 10. The Balaban J connectivity index is 1.44. The molecule has 1 fully saturated rings. The molecule has 196 valence electrons. The SMILES string of the molecule is COC[C@@H]1[C@@H](C(=O)Nc2ccc(-n3c#cc(OCC(N)=O)cc3=O)cc2F)[C@H]1C(=O)Nc1ccc(Cl)cc1. The van der Waals surface area contributed by atoms with E-state index in [1.165, 1.54) is 19.2 Å². The summed E-state index contributed by atoms with van der Waals surface area (Å²) in [6.45, 7) is -0.265. The number of nitrogens with zero attached hydrogens (tertiary/aromatic N) is 1. The van der Waals surface area contributed by atoms with Crippen LogP contribution in [0.25, 0.3) is 5.69 Å². The molecule has 12 heteroatoms. The Kier molecular flexibility index (Phi) is 7.95. The van der Waals surface area contributed by atoms with Crippen molar-refractivity contribution in [3.05, 3.63) is 82.0 Å². The van der Waals surface area contributed by atoms with Crippen LogP contribution in [0.4, 0.5) is 15.8 Å². The summed E-state index contributed by atoms with van der Waals surface area (Å²) in [6.07, 6.45) is 2.50. The van der Waals surface area contributed by atoms with Gasteiger partial charge in [-0.25, -0.2) is 8.96 Å². The van der Waals surface area contributed by atoms with Crippen molar-refractivity contribution >= 4 is 40.7 Å². The van der Waals surface area contributed by atoms with Crippen LogP contribution in [-0.2, 0) is 19.1 Å². The smallest absolute Gasteiger partial charge is 0.267 e. The number of nitrogens with one attached hydrogen (secondary N) is 2. The Bertz CT molecular complexity index is 1430. The quantitative estimate of drug-likeness (QED) is 0.360. The monoisotopic (exact) mass is 540 g/mol. The standard InChI is InChI=1S/C26H22ClFN4O6/c1-37-12-18-23(25(35)30-15-4-2-14(27)3-5-15)24(18)26(36)31-20-7-6-16(10-19(20)28)32-9-8-17(11-22(32)34)38-13-21(29)33/h2-7,10-11,18,23-24H,12-13H2,1H3,(H2,29,33)(H,30,35)(H,31,36)/t18-,23-,24+/m0/s1. The van der Waals surface area contributed by atoms with Gasteiger partial charge in [0, 0.05) is 36.0 Å². The molecule has 0 bridgehead atoms. The van der Waals surface area contributed by atoms with Crippen LogP contribution in [0.1, 0.15) is 0 Å². The topological polar surface area (TPSA) is 142 Å². The Hall–Kier alpha value is -4.40. The molecule has 1 aromatic heterocycles. The molecule has 4 rings (SSSR count). The van der Waals surface area contributed by atoms with Gasteiger partial charge in [-0.2, -0.15) is 0 Å². The van der Waals surface area contributed by atoms with E-state index in [9.17, 15) is 23.6 Å². The molecule has 2 aromatic carbocycles. The van der Waals surface area contributed by atoms with E-state index in [0.717, 1.165) is 16.7 Å². The number of hydrogen-bond acceptors (Lipinski definition) is 6. The number of hydrogen-bond donors (Lipinski definition) is 3. The molecule has 1 heterocycles.